The number of carbonyl (C=O) groups is 1. The molecule has 36 heavy (non-hydrogen) atoms. The van der Waals surface area contributed by atoms with Crippen molar-refractivity contribution in [2.75, 3.05) is 24.7 Å². The normalized spacial score (nSPS) is 17.6. The van der Waals surface area contributed by atoms with E-state index in [4.69, 9.17) is 42.8 Å². The molecule has 2 aromatic carbocycles. The molecule has 0 amide bonds. The van der Waals surface area contributed by atoms with Crippen molar-refractivity contribution in [3.05, 3.63) is 77.3 Å². The Morgan fingerprint density at radius 3 is 2.75 bits per heavy atom. The summed E-state index contributed by atoms with van der Waals surface area (Å²) in [5.41, 5.74) is 1.45. The van der Waals surface area contributed by atoms with Gasteiger partial charge < -0.3 is 24.0 Å². The summed E-state index contributed by atoms with van der Waals surface area (Å²) >= 11 is 12.9. The number of pyridine rings is 1. The van der Waals surface area contributed by atoms with Crippen LogP contribution in [-0.4, -0.2) is 57.5 Å². The maximum atomic E-state index is 10.9. The molecule has 5 rings (SSSR count). The van der Waals surface area contributed by atoms with E-state index in [2.05, 4.69) is 9.88 Å². The Hall–Kier alpha value is -3.33. The number of carboxylic acid groups (broad SMARTS) is 1. The number of fused-ring (bicyclic) bond motifs is 1. The second kappa shape index (κ2) is 10.7. The van der Waals surface area contributed by atoms with E-state index in [9.17, 15) is 4.79 Å². The van der Waals surface area contributed by atoms with Gasteiger partial charge in [-0.3, -0.25) is 4.79 Å². The number of aliphatic carboxylic acids is 1. The molecule has 1 N–H and O–H groups in total. The van der Waals surface area contributed by atoms with Crippen LogP contribution in [0.1, 0.15) is 12.8 Å². The first-order valence-electron chi connectivity index (χ1n) is 11.5. The third-order valence-electron chi connectivity index (χ3n) is 6.11. The first kappa shape index (κ1) is 24.4. The van der Waals surface area contributed by atoms with Crippen molar-refractivity contribution >= 4 is 45.9 Å². The van der Waals surface area contributed by atoms with Gasteiger partial charge in [0.2, 0.25) is 0 Å². The summed E-state index contributed by atoms with van der Waals surface area (Å²) in [5.74, 6) is 0.591. The van der Waals surface area contributed by atoms with Crippen molar-refractivity contribution in [1.82, 2.24) is 14.5 Å². The lowest BCUT2D eigenvalue weighted by Gasteiger charge is -2.26. The van der Waals surface area contributed by atoms with Crippen LogP contribution in [0.2, 0.25) is 10.0 Å². The summed E-state index contributed by atoms with van der Waals surface area (Å²) < 4.78 is 13.9. The number of nitrogens with zero attached hydrogens (tertiary/aromatic N) is 4. The molecule has 2 aromatic heterocycles. The Balaban J connectivity index is 1.50. The van der Waals surface area contributed by atoms with E-state index in [1.54, 1.807) is 18.6 Å². The van der Waals surface area contributed by atoms with Gasteiger partial charge in [-0.2, -0.15) is 0 Å². The minimum Gasteiger partial charge on any atom is -0.489 e. The molecule has 4 aromatic rings. The Morgan fingerprint density at radius 1 is 1.17 bits per heavy atom. The van der Waals surface area contributed by atoms with Crippen LogP contribution < -0.4 is 9.64 Å². The van der Waals surface area contributed by atoms with Gasteiger partial charge in [0, 0.05) is 30.3 Å². The maximum Gasteiger partial charge on any atom is 0.305 e. The van der Waals surface area contributed by atoms with E-state index < -0.39 is 5.97 Å². The topological polar surface area (TPSA) is 89.7 Å². The fraction of sp³-hybridized carbons (Fsp3) is 0.269. The number of imidazole rings is 1. The van der Waals surface area contributed by atoms with Crippen molar-refractivity contribution in [3.8, 4) is 11.4 Å². The van der Waals surface area contributed by atoms with E-state index in [0.29, 0.717) is 41.0 Å². The number of hydrogen-bond acceptors (Lipinski definition) is 6. The summed E-state index contributed by atoms with van der Waals surface area (Å²) in [6.45, 7) is 1.05. The third kappa shape index (κ3) is 5.26. The lowest BCUT2D eigenvalue weighted by atomic mass is 10.1. The van der Waals surface area contributed by atoms with E-state index in [0.717, 1.165) is 16.8 Å². The molecule has 0 spiro atoms. The van der Waals surface area contributed by atoms with Gasteiger partial charge in [0.15, 0.2) is 0 Å². The lowest BCUT2D eigenvalue weighted by molar-refractivity contribution is -0.138. The fourth-order valence-electron chi connectivity index (χ4n) is 4.43. The number of hydrogen-bond donors (Lipinski definition) is 1. The summed E-state index contributed by atoms with van der Waals surface area (Å²) in [6.07, 6.45) is 5.82. The first-order chi connectivity index (χ1) is 17.5. The minimum absolute atomic E-state index is 0.0518. The number of ether oxygens (including phenoxy) is 2. The smallest absolute Gasteiger partial charge is 0.305 e. The molecule has 0 radical (unpaired) electrons. The predicted octanol–water partition coefficient (Wildman–Crippen LogP) is 5.24. The molecule has 186 valence electrons. The molecule has 1 fully saturated rings. The molecule has 0 unspecified atom stereocenters. The molecule has 1 aliphatic heterocycles. The van der Waals surface area contributed by atoms with Crippen LogP contribution in [-0.2, 0) is 9.53 Å². The fourth-order valence-corrected chi connectivity index (χ4v) is 4.79. The second-order valence-electron chi connectivity index (χ2n) is 8.54. The summed E-state index contributed by atoms with van der Waals surface area (Å²) in [6, 6.07) is 15.2. The van der Waals surface area contributed by atoms with E-state index in [-0.39, 0.29) is 25.2 Å². The molecule has 1 aliphatic rings. The van der Waals surface area contributed by atoms with Gasteiger partial charge in [-0.15, -0.1) is 0 Å². The number of halogens is 2. The molecule has 0 bridgehead atoms. The Morgan fingerprint density at radius 2 is 2.00 bits per heavy atom. The molecule has 8 nitrogen and oxygen atoms in total. The Bertz CT molecular complexity index is 1350. The molecule has 1 saturated heterocycles. The minimum atomic E-state index is -0.892. The van der Waals surface area contributed by atoms with E-state index in [1.165, 1.54) is 0 Å². The Kier molecular flexibility index (Phi) is 7.27. The van der Waals surface area contributed by atoms with Gasteiger partial charge in [-0.05, 0) is 24.3 Å². The maximum absolute atomic E-state index is 10.9. The van der Waals surface area contributed by atoms with Crippen LogP contribution in [0.4, 0.5) is 5.82 Å². The first-order valence-corrected chi connectivity index (χ1v) is 12.3. The van der Waals surface area contributed by atoms with Crippen LogP contribution in [0.5, 0.6) is 5.75 Å². The van der Waals surface area contributed by atoms with Crippen molar-refractivity contribution in [2.45, 2.75) is 25.0 Å². The van der Waals surface area contributed by atoms with Crippen LogP contribution in [0.15, 0.2) is 67.3 Å². The number of rotatable bonds is 9. The van der Waals surface area contributed by atoms with E-state index >= 15 is 0 Å². The van der Waals surface area contributed by atoms with Crippen molar-refractivity contribution in [1.29, 1.82) is 0 Å². The molecule has 0 saturated carbocycles. The average molecular weight is 527 g/mol. The van der Waals surface area contributed by atoms with E-state index in [1.807, 2.05) is 53.2 Å². The molecule has 3 heterocycles. The highest BCUT2D eigenvalue weighted by Crippen LogP contribution is 2.36. The highest BCUT2D eigenvalue weighted by atomic mass is 35.5. The van der Waals surface area contributed by atoms with Crippen LogP contribution in [0, 0.1) is 0 Å². The third-order valence-corrected chi connectivity index (χ3v) is 6.90. The number of para-hydroxylation sites is 1. The van der Waals surface area contributed by atoms with Crippen molar-refractivity contribution in [3.63, 3.8) is 0 Å². The number of carboxylic acids is 1. The molecular weight excluding hydrogens is 503 g/mol. The van der Waals surface area contributed by atoms with Crippen LogP contribution >= 0.6 is 23.2 Å². The Labute approximate surface area is 218 Å². The van der Waals surface area contributed by atoms with Gasteiger partial charge in [0.1, 0.15) is 17.7 Å². The van der Waals surface area contributed by atoms with Gasteiger partial charge in [0.25, 0.3) is 0 Å². The number of anilines is 1. The van der Waals surface area contributed by atoms with Crippen molar-refractivity contribution < 1.29 is 19.4 Å². The average Bonchev–Trinajstić information content (AvgIpc) is 3.55. The zero-order valence-electron chi connectivity index (χ0n) is 19.3. The van der Waals surface area contributed by atoms with Gasteiger partial charge >= 0.3 is 5.97 Å². The highest BCUT2D eigenvalue weighted by molar-refractivity contribution is 6.45. The van der Waals surface area contributed by atoms with Gasteiger partial charge in [-0.1, -0.05) is 41.4 Å². The predicted molar refractivity (Wildman–Crippen MR) is 139 cm³/mol. The van der Waals surface area contributed by atoms with Crippen LogP contribution in [0.25, 0.3) is 16.6 Å². The van der Waals surface area contributed by atoms with Crippen molar-refractivity contribution in [2.24, 2.45) is 0 Å². The quantitative estimate of drug-likeness (QED) is 0.298. The largest absolute Gasteiger partial charge is 0.489 e. The standard InChI is InChI=1S/C26H24Cl2N4O4/c27-21-7-6-20-22(31-10-9-29-16-31)13-23(30-26(20)25(21)28)32-14-19(36-18-4-2-1-3-5-18)12-17(32)15-35-11-8-24(33)34/h1-7,9-10,13,16-17,19H,8,11-12,14-15H2,(H,33,34)/t17-,19-/m0/s1. The summed E-state index contributed by atoms with van der Waals surface area (Å²) in [4.78, 5) is 22.1. The number of benzene rings is 2. The SMILES string of the molecule is O=C(O)CCOC[C@@H]1C[C@H](Oc2ccccc2)CN1c1cc(-n2ccnc2)c2ccc(Cl)c(Cl)c2n1. The molecular formula is C26H24Cl2N4O4. The molecule has 2 atom stereocenters. The van der Waals surface area contributed by atoms with Gasteiger partial charge in [-0.25, -0.2) is 9.97 Å². The lowest BCUT2D eigenvalue weighted by Crippen LogP contribution is -2.34. The molecule has 10 heteroatoms. The summed E-state index contributed by atoms with van der Waals surface area (Å²) in [5, 5.41) is 10.6. The number of aromatic nitrogens is 3. The second-order valence-corrected chi connectivity index (χ2v) is 9.33. The monoisotopic (exact) mass is 526 g/mol. The molecule has 0 aliphatic carbocycles. The van der Waals surface area contributed by atoms with Crippen LogP contribution in [0.3, 0.4) is 0 Å². The zero-order chi connectivity index (χ0) is 25.1. The summed E-state index contributed by atoms with van der Waals surface area (Å²) in [7, 11) is 0. The zero-order valence-corrected chi connectivity index (χ0v) is 20.8. The van der Waals surface area contributed by atoms with Gasteiger partial charge in [0.05, 0.1) is 59.8 Å². The highest BCUT2D eigenvalue weighted by Gasteiger charge is 2.35.